The fourth-order valence-corrected chi connectivity index (χ4v) is 1.76. The summed E-state index contributed by atoms with van der Waals surface area (Å²) in [6.07, 6.45) is 0. The van der Waals surface area contributed by atoms with Gasteiger partial charge in [-0.25, -0.2) is 0 Å². The molecule has 5 heteroatoms. The molecule has 0 atom stereocenters. The van der Waals surface area contributed by atoms with Crippen LogP contribution < -0.4 is 10.6 Å². The van der Waals surface area contributed by atoms with E-state index in [0.717, 1.165) is 5.69 Å². The van der Waals surface area contributed by atoms with Crippen LogP contribution in [0.4, 0.5) is 5.69 Å². The van der Waals surface area contributed by atoms with E-state index in [-0.39, 0.29) is 5.91 Å². The molecule has 0 unspecified atom stereocenters. The van der Waals surface area contributed by atoms with E-state index in [1.165, 1.54) is 0 Å². The molecule has 0 aromatic heterocycles. The van der Waals surface area contributed by atoms with Crippen LogP contribution in [0.5, 0.6) is 0 Å². The van der Waals surface area contributed by atoms with Crippen LogP contribution in [0.15, 0.2) is 24.3 Å². The second kappa shape index (κ2) is 6.35. The molecule has 1 aromatic rings. The van der Waals surface area contributed by atoms with Gasteiger partial charge in [-0.3, -0.25) is 4.79 Å². The maximum Gasteiger partial charge on any atom is 0.254 e. The quantitative estimate of drug-likeness (QED) is 0.820. The Labute approximate surface area is 113 Å². The highest BCUT2D eigenvalue weighted by Gasteiger charge is 2.14. The fraction of sp³-hybridized carbons (Fsp3) is 0.385. The lowest BCUT2D eigenvalue weighted by molar-refractivity contribution is 0.0788. The molecule has 0 radical (unpaired) electrons. The summed E-state index contributed by atoms with van der Waals surface area (Å²) in [7, 11) is 3.92. The molecule has 0 saturated heterocycles. The molecule has 0 heterocycles. The Morgan fingerprint density at radius 3 is 2.22 bits per heavy atom. The van der Waals surface area contributed by atoms with E-state index in [0.29, 0.717) is 23.6 Å². The highest BCUT2D eigenvalue weighted by atomic mass is 32.1. The van der Waals surface area contributed by atoms with Crippen molar-refractivity contribution in [2.75, 3.05) is 32.1 Å². The first-order valence-corrected chi connectivity index (χ1v) is 6.21. The van der Waals surface area contributed by atoms with Crippen molar-refractivity contribution < 1.29 is 4.79 Å². The van der Waals surface area contributed by atoms with Gasteiger partial charge in [0.15, 0.2) is 0 Å². The van der Waals surface area contributed by atoms with Crippen LogP contribution in [0, 0.1) is 0 Å². The van der Waals surface area contributed by atoms with Crippen LogP contribution in [0.2, 0.25) is 0 Å². The molecule has 18 heavy (non-hydrogen) atoms. The summed E-state index contributed by atoms with van der Waals surface area (Å²) < 4.78 is 0. The van der Waals surface area contributed by atoms with Crippen molar-refractivity contribution in [1.82, 2.24) is 4.90 Å². The average Bonchev–Trinajstić information content (AvgIpc) is 2.35. The summed E-state index contributed by atoms with van der Waals surface area (Å²) in [6, 6.07) is 7.48. The number of hydrogen-bond acceptors (Lipinski definition) is 3. The van der Waals surface area contributed by atoms with Crippen LogP contribution in [0.3, 0.4) is 0 Å². The molecule has 4 nitrogen and oxygen atoms in total. The van der Waals surface area contributed by atoms with E-state index < -0.39 is 0 Å². The van der Waals surface area contributed by atoms with Gasteiger partial charge in [0.2, 0.25) is 0 Å². The molecule has 0 aliphatic rings. The van der Waals surface area contributed by atoms with E-state index in [1.54, 1.807) is 4.90 Å². The van der Waals surface area contributed by atoms with E-state index in [4.69, 9.17) is 18.0 Å². The minimum atomic E-state index is -0.0457. The Bertz CT molecular complexity index is 428. The van der Waals surface area contributed by atoms with Gasteiger partial charge in [0.25, 0.3) is 5.91 Å². The first-order valence-electron chi connectivity index (χ1n) is 5.80. The van der Waals surface area contributed by atoms with Gasteiger partial charge in [-0.2, -0.15) is 0 Å². The van der Waals surface area contributed by atoms with Crippen LogP contribution >= 0.6 is 12.2 Å². The second-order valence-corrected chi connectivity index (χ2v) is 4.75. The number of amides is 1. The molecule has 1 aromatic carbocycles. The van der Waals surface area contributed by atoms with Crippen molar-refractivity contribution >= 4 is 28.8 Å². The highest BCUT2D eigenvalue weighted by molar-refractivity contribution is 7.80. The summed E-state index contributed by atoms with van der Waals surface area (Å²) in [6.45, 7) is 2.82. The molecule has 2 N–H and O–H groups in total. The summed E-state index contributed by atoms with van der Waals surface area (Å²) in [5.74, 6) is -0.0457. The third-order valence-electron chi connectivity index (χ3n) is 2.65. The van der Waals surface area contributed by atoms with Gasteiger partial charge in [0.1, 0.15) is 0 Å². The molecule has 0 saturated carbocycles. The predicted molar refractivity (Wildman–Crippen MR) is 79.1 cm³/mol. The Balaban J connectivity index is 2.85. The van der Waals surface area contributed by atoms with Crippen LogP contribution in [0.1, 0.15) is 17.3 Å². The molecule has 0 aliphatic carbocycles. The number of nitrogens with zero attached hydrogens (tertiary/aromatic N) is 2. The number of benzene rings is 1. The largest absolute Gasteiger partial charge is 0.392 e. The van der Waals surface area contributed by atoms with Gasteiger partial charge in [-0.15, -0.1) is 0 Å². The van der Waals surface area contributed by atoms with Gasteiger partial charge in [0.05, 0.1) is 11.5 Å². The number of likely N-dealkylation sites (N-methyl/N-ethyl adjacent to an activating group) is 1. The number of nitrogens with two attached hydrogens (primary N) is 1. The summed E-state index contributed by atoms with van der Waals surface area (Å²) in [4.78, 5) is 16.1. The number of hydrogen-bond donors (Lipinski definition) is 1. The van der Waals surface area contributed by atoms with Gasteiger partial charge in [-0.05, 0) is 31.2 Å². The molecule has 1 rings (SSSR count). The van der Waals surface area contributed by atoms with Gasteiger partial charge in [0, 0.05) is 31.9 Å². The minimum Gasteiger partial charge on any atom is -0.392 e. The normalized spacial score (nSPS) is 9.94. The lowest BCUT2D eigenvalue weighted by Gasteiger charge is -2.20. The SMILES string of the molecule is CCN(CC(N)=S)C(=O)c1ccc(N(C)C)cc1. The molecule has 0 spiro atoms. The molecule has 0 bridgehead atoms. The number of anilines is 1. The van der Waals surface area contributed by atoms with Gasteiger partial charge < -0.3 is 15.5 Å². The molecular formula is C13H19N3OS. The van der Waals surface area contributed by atoms with Crippen LogP contribution in [0.25, 0.3) is 0 Å². The van der Waals surface area contributed by atoms with E-state index in [9.17, 15) is 4.79 Å². The third-order valence-corrected chi connectivity index (χ3v) is 2.78. The lowest BCUT2D eigenvalue weighted by atomic mass is 10.1. The standard InChI is InChI=1S/C13H19N3OS/c1-4-16(9-12(14)18)13(17)10-5-7-11(8-6-10)15(2)3/h5-8H,4,9H2,1-3H3,(H2,14,18). The molecule has 0 aliphatic heterocycles. The Morgan fingerprint density at radius 2 is 1.83 bits per heavy atom. The topological polar surface area (TPSA) is 49.6 Å². The zero-order valence-corrected chi connectivity index (χ0v) is 11.8. The highest BCUT2D eigenvalue weighted by Crippen LogP contribution is 2.13. The Kier molecular flexibility index (Phi) is 5.09. The number of carbonyl (C=O) groups is 1. The van der Waals surface area contributed by atoms with Crippen molar-refractivity contribution in [2.45, 2.75) is 6.92 Å². The van der Waals surface area contributed by atoms with E-state index >= 15 is 0 Å². The number of rotatable bonds is 5. The fourth-order valence-electron chi connectivity index (χ4n) is 1.60. The van der Waals surface area contributed by atoms with Crippen molar-refractivity contribution in [3.8, 4) is 0 Å². The smallest absolute Gasteiger partial charge is 0.254 e. The molecular weight excluding hydrogens is 246 g/mol. The van der Waals surface area contributed by atoms with Crippen LogP contribution in [-0.4, -0.2) is 43.0 Å². The molecule has 0 fully saturated rings. The molecule has 98 valence electrons. The second-order valence-electron chi connectivity index (χ2n) is 4.23. The van der Waals surface area contributed by atoms with E-state index in [1.807, 2.05) is 50.2 Å². The summed E-state index contributed by atoms with van der Waals surface area (Å²) >= 11 is 4.84. The third kappa shape index (κ3) is 3.70. The van der Waals surface area contributed by atoms with Crippen molar-refractivity contribution in [3.05, 3.63) is 29.8 Å². The van der Waals surface area contributed by atoms with Crippen molar-refractivity contribution in [3.63, 3.8) is 0 Å². The van der Waals surface area contributed by atoms with Crippen molar-refractivity contribution in [2.24, 2.45) is 5.73 Å². The lowest BCUT2D eigenvalue weighted by Crippen LogP contribution is -2.37. The minimum absolute atomic E-state index is 0.0457. The Hall–Kier alpha value is -1.62. The van der Waals surface area contributed by atoms with Gasteiger partial charge in [-0.1, -0.05) is 12.2 Å². The predicted octanol–water partition coefficient (Wildman–Crippen LogP) is 1.50. The zero-order chi connectivity index (χ0) is 13.7. The monoisotopic (exact) mass is 265 g/mol. The maximum atomic E-state index is 12.2. The Morgan fingerprint density at radius 1 is 1.28 bits per heavy atom. The van der Waals surface area contributed by atoms with Gasteiger partial charge >= 0.3 is 0 Å². The van der Waals surface area contributed by atoms with Crippen LogP contribution in [-0.2, 0) is 0 Å². The first kappa shape index (κ1) is 14.4. The maximum absolute atomic E-state index is 12.2. The molecule has 1 amide bonds. The first-order chi connectivity index (χ1) is 8.45. The number of thiocarbonyl (C=S) groups is 1. The summed E-state index contributed by atoms with van der Waals surface area (Å²) in [5.41, 5.74) is 7.19. The van der Waals surface area contributed by atoms with E-state index in [2.05, 4.69) is 0 Å². The van der Waals surface area contributed by atoms with Crippen molar-refractivity contribution in [1.29, 1.82) is 0 Å². The average molecular weight is 265 g/mol. The zero-order valence-electron chi connectivity index (χ0n) is 11.0. The number of carbonyl (C=O) groups excluding carboxylic acids is 1. The summed E-state index contributed by atoms with van der Waals surface area (Å²) in [5, 5.41) is 0.